The van der Waals surface area contributed by atoms with E-state index in [0.717, 1.165) is 4.90 Å². The molecule has 6 nitrogen and oxygen atoms in total. The number of carbonyl (C=O) groups excluding carboxylic acids is 2. The van der Waals surface area contributed by atoms with Crippen LogP contribution in [-0.4, -0.2) is 41.1 Å². The lowest BCUT2D eigenvalue weighted by molar-refractivity contribution is -0.138. The maximum atomic E-state index is 12.0. The van der Waals surface area contributed by atoms with E-state index < -0.39 is 31.2 Å². The molecule has 2 heterocycles. The molecule has 3 amide bonds. The molecule has 1 aromatic rings. The summed E-state index contributed by atoms with van der Waals surface area (Å²) in [7, 11) is 0. The van der Waals surface area contributed by atoms with Gasteiger partial charge in [-0.3, -0.25) is 4.79 Å². The number of amides is 3. The molecule has 0 radical (unpaired) electrons. The molecule has 1 aliphatic heterocycles. The first-order valence-corrected chi connectivity index (χ1v) is 6.17. The molecule has 0 saturated heterocycles. The number of fused-ring (bicyclic) bond motifs is 1. The number of nitrogens with zero attached hydrogens (tertiary/aromatic N) is 2. The van der Waals surface area contributed by atoms with Crippen LogP contribution in [0.25, 0.3) is 0 Å². The van der Waals surface area contributed by atoms with Gasteiger partial charge in [0.15, 0.2) is 0 Å². The maximum absolute atomic E-state index is 12.0. The Kier molecular flexibility index (Phi) is 4.21. The van der Waals surface area contributed by atoms with Crippen molar-refractivity contribution in [1.29, 1.82) is 0 Å². The first-order chi connectivity index (χ1) is 9.76. The molecule has 0 atom stereocenters. The fraction of sp³-hybridized carbons (Fsp3) is 0.364. The van der Waals surface area contributed by atoms with E-state index in [1.807, 2.05) is 0 Å². The van der Waals surface area contributed by atoms with E-state index in [-0.39, 0.29) is 11.7 Å². The van der Waals surface area contributed by atoms with Gasteiger partial charge in [0.05, 0.1) is 12.2 Å². The zero-order chi connectivity index (χ0) is 15.6. The van der Waals surface area contributed by atoms with Gasteiger partial charge in [-0.1, -0.05) is 11.6 Å². The first-order valence-electron chi connectivity index (χ1n) is 5.79. The fourth-order valence-electron chi connectivity index (χ4n) is 1.75. The Morgan fingerprint density at radius 1 is 1.52 bits per heavy atom. The van der Waals surface area contributed by atoms with Crippen molar-refractivity contribution in [2.45, 2.75) is 12.7 Å². The quantitative estimate of drug-likeness (QED) is 0.833. The van der Waals surface area contributed by atoms with E-state index in [4.69, 9.17) is 11.6 Å². The van der Waals surface area contributed by atoms with Gasteiger partial charge in [0.25, 0.3) is 0 Å². The summed E-state index contributed by atoms with van der Waals surface area (Å²) in [5.41, 5.74) is 0.967. The highest BCUT2D eigenvalue weighted by Crippen LogP contribution is 2.27. The Morgan fingerprint density at radius 2 is 2.24 bits per heavy atom. The Morgan fingerprint density at radius 3 is 2.90 bits per heavy atom. The molecule has 2 rings (SSSR count). The van der Waals surface area contributed by atoms with Gasteiger partial charge < -0.3 is 15.5 Å². The summed E-state index contributed by atoms with van der Waals surface area (Å²) < 4.78 is 36.0. The summed E-state index contributed by atoms with van der Waals surface area (Å²) in [4.78, 5) is 28.1. The number of hydrogen-bond donors (Lipinski definition) is 2. The van der Waals surface area contributed by atoms with Crippen molar-refractivity contribution in [2.75, 3.05) is 18.4 Å². The van der Waals surface area contributed by atoms with Crippen LogP contribution >= 0.6 is 11.6 Å². The van der Waals surface area contributed by atoms with E-state index >= 15 is 0 Å². The number of pyridine rings is 1. The van der Waals surface area contributed by atoms with Crippen LogP contribution < -0.4 is 10.6 Å². The molecule has 0 aromatic carbocycles. The largest absolute Gasteiger partial charge is 0.405 e. The van der Waals surface area contributed by atoms with Crippen molar-refractivity contribution in [3.63, 3.8) is 0 Å². The highest BCUT2D eigenvalue weighted by atomic mass is 35.5. The minimum Gasteiger partial charge on any atom is -0.345 e. The number of carbonyl (C=O) groups is 2. The standard InChI is InChI=1S/C11H10ClF3N4O2/c12-9-6-3-19(4-8(20)17-5-11(13,14)15)10(21)18-7(6)1-2-16-9/h1-2H,3-5H2,(H,17,20)(H,18,21). The number of nitrogens with one attached hydrogen (secondary N) is 2. The average molecular weight is 323 g/mol. The molecule has 1 aromatic heterocycles. The third-order valence-corrected chi connectivity index (χ3v) is 3.03. The van der Waals surface area contributed by atoms with Gasteiger partial charge in [-0.05, 0) is 6.07 Å². The number of hydrogen-bond acceptors (Lipinski definition) is 3. The van der Waals surface area contributed by atoms with Gasteiger partial charge in [0.1, 0.15) is 18.2 Å². The molecule has 10 heteroatoms. The Hall–Kier alpha value is -2.03. The molecular weight excluding hydrogens is 313 g/mol. The molecular formula is C11H10ClF3N4O2. The lowest BCUT2D eigenvalue weighted by Gasteiger charge is -2.29. The van der Waals surface area contributed by atoms with Gasteiger partial charge in [-0.2, -0.15) is 13.2 Å². The van der Waals surface area contributed by atoms with Crippen LogP contribution in [0.2, 0.25) is 5.15 Å². The maximum Gasteiger partial charge on any atom is 0.405 e. The molecule has 0 aliphatic carbocycles. The lowest BCUT2D eigenvalue weighted by atomic mass is 10.2. The summed E-state index contributed by atoms with van der Waals surface area (Å²) in [6.07, 6.45) is -3.09. The monoisotopic (exact) mass is 322 g/mol. The zero-order valence-electron chi connectivity index (χ0n) is 10.5. The Balaban J connectivity index is 2.00. The Labute approximate surface area is 122 Å². The summed E-state index contributed by atoms with van der Waals surface area (Å²) >= 11 is 5.87. The number of alkyl halides is 3. The molecule has 0 saturated carbocycles. The van der Waals surface area contributed by atoms with Gasteiger partial charge >= 0.3 is 12.2 Å². The third kappa shape index (κ3) is 3.97. The predicted molar refractivity (Wildman–Crippen MR) is 67.7 cm³/mol. The van der Waals surface area contributed by atoms with Crippen LogP contribution in [0.5, 0.6) is 0 Å². The highest BCUT2D eigenvalue weighted by Gasteiger charge is 2.30. The van der Waals surface area contributed by atoms with Crippen molar-refractivity contribution in [3.05, 3.63) is 23.0 Å². The zero-order valence-corrected chi connectivity index (χ0v) is 11.3. The van der Waals surface area contributed by atoms with Crippen molar-refractivity contribution < 1.29 is 22.8 Å². The van der Waals surface area contributed by atoms with Crippen molar-refractivity contribution in [1.82, 2.24) is 15.2 Å². The smallest absolute Gasteiger partial charge is 0.345 e. The topological polar surface area (TPSA) is 74.3 Å². The second-order valence-corrected chi connectivity index (χ2v) is 4.66. The Bertz CT molecular complexity index is 579. The van der Waals surface area contributed by atoms with Crippen LogP contribution in [0.1, 0.15) is 5.56 Å². The molecule has 0 spiro atoms. The highest BCUT2D eigenvalue weighted by molar-refractivity contribution is 6.30. The molecule has 114 valence electrons. The van der Waals surface area contributed by atoms with Crippen LogP contribution in [0.15, 0.2) is 12.3 Å². The number of rotatable bonds is 3. The second-order valence-electron chi connectivity index (χ2n) is 4.31. The average Bonchev–Trinajstić information content (AvgIpc) is 2.37. The van der Waals surface area contributed by atoms with Gasteiger partial charge in [0.2, 0.25) is 5.91 Å². The number of halogens is 4. The van der Waals surface area contributed by atoms with Crippen LogP contribution in [0.4, 0.5) is 23.7 Å². The van der Waals surface area contributed by atoms with E-state index in [0.29, 0.717) is 11.3 Å². The van der Waals surface area contributed by atoms with Crippen molar-refractivity contribution in [3.8, 4) is 0 Å². The normalized spacial score (nSPS) is 14.5. The van der Waals surface area contributed by atoms with Gasteiger partial charge in [-0.15, -0.1) is 0 Å². The summed E-state index contributed by atoms with van der Waals surface area (Å²) in [6, 6.07) is 0.951. The SMILES string of the molecule is O=C(CN1Cc2c(ccnc2Cl)NC1=O)NCC(F)(F)F. The number of aromatic nitrogens is 1. The number of urea groups is 1. The van der Waals surface area contributed by atoms with E-state index in [9.17, 15) is 22.8 Å². The van der Waals surface area contributed by atoms with Crippen molar-refractivity contribution >= 4 is 29.2 Å². The van der Waals surface area contributed by atoms with Crippen LogP contribution in [0, 0.1) is 0 Å². The van der Waals surface area contributed by atoms with Crippen LogP contribution in [0.3, 0.4) is 0 Å². The first kappa shape index (κ1) is 15.4. The molecule has 0 fully saturated rings. The third-order valence-electron chi connectivity index (χ3n) is 2.70. The van der Waals surface area contributed by atoms with E-state index in [1.165, 1.54) is 6.20 Å². The van der Waals surface area contributed by atoms with E-state index in [1.54, 1.807) is 11.4 Å². The fourth-order valence-corrected chi connectivity index (χ4v) is 1.96. The summed E-state index contributed by atoms with van der Waals surface area (Å²) in [6.45, 7) is -1.96. The molecule has 1 aliphatic rings. The predicted octanol–water partition coefficient (Wildman–Crippen LogP) is 1.76. The second kappa shape index (κ2) is 5.76. The van der Waals surface area contributed by atoms with Gasteiger partial charge in [0, 0.05) is 11.8 Å². The molecule has 0 bridgehead atoms. The minimum atomic E-state index is -4.50. The lowest BCUT2D eigenvalue weighted by Crippen LogP contribution is -2.46. The van der Waals surface area contributed by atoms with Gasteiger partial charge in [-0.25, -0.2) is 9.78 Å². The van der Waals surface area contributed by atoms with Crippen molar-refractivity contribution in [2.24, 2.45) is 0 Å². The minimum absolute atomic E-state index is 0.00667. The van der Waals surface area contributed by atoms with Crippen LogP contribution in [-0.2, 0) is 11.3 Å². The molecule has 2 N–H and O–H groups in total. The molecule has 0 unspecified atom stereocenters. The summed E-state index contributed by atoms with van der Waals surface area (Å²) in [5, 5.41) is 4.34. The van der Waals surface area contributed by atoms with E-state index in [2.05, 4.69) is 10.3 Å². The number of anilines is 1. The molecule has 21 heavy (non-hydrogen) atoms. The summed E-state index contributed by atoms with van der Waals surface area (Å²) in [5.74, 6) is -0.911.